The summed E-state index contributed by atoms with van der Waals surface area (Å²) >= 11 is 0. The lowest BCUT2D eigenvalue weighted by atomic mass is 10.1. The molecule has 0 atom stereocenters. The fourth-order valence-electron chi connectivity index (χ4n) is 1.07. The first-order chi connectivity index (χ1) is 6.29. The maximum atomic E-state index is 4.04. The van der Waals surface area contributed by atoms with Crippen molar-refractivity contribution in [3.05, 3.63) is 12.2 Å². The van der Waals surface area contributed by atoms with Crippen LogP contribution in [0.4, 0.5) is 0 Å². The largest absolute Gasteiger partial charge is 0.316 e. The van der Waals surface area contributed by atoms with Gasteiger partial charge in [-0.25, -0.2) is 4.98 Å². The highest BCUT2D eigenvalue weighted by atomic mass is 15.2. The Balaban J connectivity index is 1.96. The van der Waals surface area contributed by atoms with Gasteiger partial charge in [-0.05, 0) is 18.9 Å². The molecule has 4 nitrogen and oxygen atoms in total. The maximum Gasteiger partial charge on any atom is 0.137 e. The van der Waals surface area contributed by atoms with Crippen molar-refractivity contribution in [2.24, 2.45) is 5.92 Å². The second kappa shape index (κ2) is 5.70. The van der Waals surface area contributed by atoms with E-state index in [1.165, 1.54) is 6.42 Å². The Bertz CT molecular complexity index is 205. The summed E-state index contributed by atoms with van der Waals surface area (Å²) < 4.78 is 0. The summed E-state index contributed by atoms with van der Waals surface area (Å²) in [5.41, 5.74) is 0. The predicted octanol–water partition coefficient (Wildman–Crippen LogP) is 0.983. The summed E-state index contributed by atoms with van der Waals surface area (Å²) in [5, 5.41) is 9.99. The van der Waals surface area contributed by atoms with Gasteiger partial charge >= 0.3 is 0 Å². The van der Waals surface area contributed by atoms with Crippen LogP contribution in [0.5, 0.6) is 0 Å². The van der Waals surface area contributed by atoms with Gasteiger partial charge in [-0.1, -0.05) is 13.8 Å². The van der Waals surface area contributed by atoms with Crippen LogP contribution in [0.3, 0.4) is 0 Å². The smallest absolute Gasteiger partial charge is 0.137 e. The van der Waals surface area contributed by atoms with Gasteiger partial charge in [-0.3, -0.25) is 5.10 Å². The lowest BCUT2D eigenvalue weighted by Crippen LogP contribution is -2.20. The van der Waals surface area contributed by atoms with Crippen molar-refractivity contribution >= 4 is 0 Å². The summed E-state index contributed by atoms with van der Waals surface area (Å²) in [6.45, 7) is 6.53. The molecule has 4 heteroatoms. The zero-order valence-electron chi connectivity index (χ0n) is 8.38. The van der Waals surface area contributed by atoms with Gasteiger partial charge in [0.05, 0.1) is 0 Å². The number of nitrogens with one attached hydrogen (secondary N) is 2. The minimum Gasteiger partial charge on any atom is -0.316 e. The summed E-state index contributed by atoms with van der Waals surface area (Å²) in [4.78, 5) is 4.04. The molecule has 0 aliphatic rings. The Hall–Kier alpha value is -0.900. The molecule has 1 aromatic heterocycles. The molecular formula is C9H18N4. The first-order valence-corrected chi connectivity index (χ1v) is 4.84. The maximum absolute atomic E-state index is 4.04. The highest BCUT2D eigenvalue weighted by Gasteiger charge is 1.95. The molecule has 0 amide bonds. The van der Waals surface area contributed by atoms with Gasteiger partial charge in [-0.15, -0.1) is 0 Å². The molecular weight excluding hydrogens is 164 g/mol. The third kappa shape index (κ3) is 4.62. The van der Waals surface area contributed by atoms with Gasteiger partial charge in [0.25, 0.3) is 0 Å². The molecule has 74 valence electrons. The van der Waals surface area contributed by atoms with Gasteiger partial charge in [0.2, 0.25) is 0 Å². The molecule has 0 fully saturated rings. The Kier molecular flexibility index (Phi) is 4.46. The minimum atomic E-state index is 0.776. The van der Waals surface area contributed by atoms with E-state index in [0.717, 1.165) is 31.3 Å². The Morgan fingerprint density at radius 3 is 2.92 bits per heavy atom. The lowest BCUT2D eigenvalue weighted by Gasteiger charge is -2.05. The van der Waals surface area contributed by atoms with Crippen LogP contribution in [0.2, 0.25) is 0 Å². The normalized spacial score (nSPS) is 11.0. The average molecular weight is 182 g/mol. The standard InChI is InChI=1S/C9H18N4/c1-8(2)3-5-10-6-4-9-11-7-12-13-9/h7-8,10H,3-6H2,1-2H3,(H,11,12,13). The van der Waals surface area contributed by atoms with E-state index in [9.17, 15) is 0 Å². The van der Waals surface area contributed by atoms with E-state index >= 15 is 0 Å². The van der Waals surface area contributed by atoms with Crippen molar-refractivity contribution in [2.75, 3.05) is 13.1 Å². The van der Waals surface area contributed by atoms with Crippen molar-refractivity contribution in [1.29, 1.82) is 0 Å². The summed E-state index contributed by atoms with van der Waals surface area (Å²) in [6.07, 6.45) is 3.71. The molecule has 0 radical (unpaired) electrons. The molecule has 0 aliphatic heterocycles. The van der Waals surface area contributed by atoms with Crippen LogP contribution in [-0.2, 0) is 6.42 Å². The highest BCUT2D eigenvalue weighted by Crippen LogP contribution is 1.96. The lowest BCUT2D eigenvalue weighted by molar-refractivity contribution is 0.537. The van der Waals surface area contributed by atoms with E-state index in [-0.39, 0.29) is 0 Å². The van der Waals surface area contributed by atoms with E-state index in [4.69, 9.17) is 0 Å². The third-order valence-corrected chi connectivity index (χ3v) is 1.90. The van der Waals surface area contributed by atoms with Crippen LogP contribution in [0.15, 0.2) is 6.33 Å². The number of aromatic nitrogens is 3. The SMILES string of the molecule is CC(C)CCNCCc1ncn[nH]1. The molecule has 2 N–H and O–H groups in total. The third-order valence-electron chi connectivity index (χ3n) is 1.90. The summed E-state index contributed by atoms with van der Waals surface area (Å²) in [6, 6.07) is 0. The van der Waals surface area contributed by atoms with Crippen LogP contribution >= 0.6 is 0 Å². The molecule has 0 saturated heterocycles. The van der Waals surface area contributed by atoms with E-state index in [1.807, 2.05) is 0 Å². The highest BCUT2D eigenvalue weighted by molar-refractivity contribution is 4.80. The van der Waals surface area contributed by atoms with Gasteiger partial charge in [0.15, 0.2) is 0 Å². The molecule has 0 saturated carbocycles. The van der Waals surface area contributed by atoms with E-state index in [2.05, 4.69) is 34.3 Å². The summed E-state index contributed by atoms with van der Waals surface area (Å²) in [7, 11) is 0. The van der Waals surface area contributed by atoms with Crippen LogP contribution in [0.1, 0.15) is 26.1 Å². The molecule has 1 aromatic rings. The number of rotatable bonds is 6. The van der Waals surface area contributed by atoms with Crippen molar-refractivity contribution in [2.45, 2.75) is 26.7 Å². The number of aromatic amines is 1. The van der Waals surface area contributed by atoms with Crippen LogP contribution in [-0.4, -0.2) is 28.3 Å². The van der Waals surface area contributed by atoms with Gasteiger partial charge in [0.1, 0.15) is 12.2 Å². The van der Waals surface area contributed by atoms with Crippen molar-refractivity contribution in [3.63, 3.8) is 0 Å². The van der Waals surface area contributed by atoms with E-state index in [1.54, 1.807) is 6.33 Å². The van der Waals surface area contributed by atoms with E-state index < -0.39 is 0 Å². The van der Waals surface area contributed by atoms with Crippen molar-refractivity contribution in [1.82, 2.24) is 20.5 Å². The predicted molar refractivity (Wildman–Crippen MR) is 52.4 cm³/mol. The quantitative estimate of drug-likeness (QED) is 0.645. The molecule has 0 aromatic carbocycles. The summed E-state index contributed by atoms with van der Waals surface area (Å²) in [5.74, 6) is 1.73. The fourth-order valence-corrected chi connectivity index (χ4v) is 1.07. The zero-order valence-corrected chi connectivity index (χ0v) is 8.38. The van der Waals surface area contributed by atoms with E-state index in [0.29, 0.717) is 0 Å². The molecule has 0 spiro atoms. The van der Waals surface area contributed by atoms with Gasteiger partial charge in [-0.2, -0.15) is 5.10 Å². The molecule has 1 rings (SSSR count). The van der Waals surface area contributed by atoms with Crippen molar-refractivity contribution < 1.29 is 0 Å². The molecule has 0 bridgehead atoms. The molecule has 0 unspecified atom stereocenters. The van der Waals surface area contributed by atoms with Crippen LogP contribution in [0, 0.1) is 5.92 Å². The molecule has 1 heterocycles. The van der Waals surface area contributed by atoms with Crippen molar-refractivity contribution in [3.8, 4) is 0 Å². The number of nitrogens with zero attached hydrogens (tertiary/aromatic N) is 2. The topological polar surface area (TPSA) is 53.6 Å². The number of hydrogen-bond acceptors (Lipinski definition) is 3. The minimum absolute atomic E-state index is 0.776. The zero-order chi connectivity index (χ0) is 9.52. The molecule has 0 aliphatic carbocycles. The number of hydrogen-bond donors (Lipinski definition) is 2. The molecule has 13 heavy (non-hydrogen) atoms. The first kappa shape index (κ1) is 10.2. The van der Waals surface area contributed by atoms with Crippen LogP contribution in [0.25, 0.3) is 0 Å². The second-order valence-corrected chi connectivity index (χ2v) is 3.61. The van der Waals surface area contributed by atoms with Gasteiger partial charge < -0.3 is 5.32 Å². The average Bonchev–Trinajstić information content (AvgIpc) is 2.55. The Morgan fingerprint density at radius 1 is 1.46 bits per heavy atom. The van der Waals surface area contributed by atoms with Crippen LogP contribution < -0.4 is 5.32 Å². The Morgan fingerprint density at radius 2 is 2.31 bits per heavy atom. The Labute approximate surface area is 79.2 Å². The number of H-pyrrole nitrogens is 1. The second-order valence-electron chi connectivity index (χ2n) is 3.61. The van der Waals surface area contributed by atoms with Gasteiger partial charge in [0, 0.05) is 13.0 Å². The fraction of sp³-hybridized carbons (Fsp3) is 0.778. The monoisotopic (exact) mass is 182 g/mol. The first-order valence-electron chi connectivity index (χ1n) is 4.84.